The Balaban J connectivity index is 0.000000257. The van der Waals surface area contributed by atoms with Gasteiger partial charge in [-0.15, -0.1) is 22.7 Å². The quantitative estimate of drug-likeness (QED) is 0.258. The molecule has 0 bridgehead atoms. The van der Waals surface area contributed by atoms with Gasteiger partial charge in [0.1, 0.15) is 0 Å². The van der Waals surface area contributed by atoms with Crippen molar-refractivity contribution in [3.63, 3.8) is 0 Å². The highest BCUT2D eigenvalue weighted by Crippen LogP contribution is 2.26. The van der Waals surface area contributed by atoms with Crippen molar-refractivity contribution in [2.24, 2.45) is 11.5 Å². The van der Waals surface area contributed by atoms with Gasteiger partial charge in [0.2, 0.25) is 11.8 Å². The topological polar surface area (TPSA) is 98.2 Å². The van der Waals surface area contributed by atoms with Crippen LogP contribution < -0.4 is 16.8 Å². The van der Waals surface area contributed by atoms with E-state index in [1.165, 1.54) is 15.3 Å². The molecule has 0 spiro atoms. The van der Waals surface area contributed by atoms with Gasteiger partial charge in [0.05, 0.1) is 0 Å². The summed E-state index contributed by atoms with van der Waals surface area (Å²) in [5.74, 6) is -0.787. The number of carbonyl (C=O) groups is 2. The van der Waals surface area contributed by atoms with Crippen molar-refractivity contribution in [1.82, 2.24) is 5.32 Å². The first-order chi connectivity index (χ1) is 15.9. The number of halogens is 1. The summed E-state index contributed by atoms with van der Waals surface area (Å²) in [4.78, 5) is 24.3. The predicted octanol–water partition coefficient (Wildman–Crippen LogP) is 5.46. The zero-order chi connectivity index (χ0) is 23.6. The normalized spacial score (nSPS) is 10.3. The summed E-state index contributed by atoms with van der Waals surface area (Å²) in [6.45, 7) is 1.87. The SMILES string of the molecule is NC(=O)c1ccc(-c2csc(CNCCc3cccs3)c2)cc1.NC(=O)c1ccc(Br)cc1. The Bertz CT molecular complexity index is 1170. The highest BCUT2D eigenvalue weighted by molar-refractivity contribution is 9.10. The molecule has 8 heteroatoms. The van der Waals surface area contributed by atoms with Crippen molar-refractivity contribution in [1.29, 1.82) is 0 Å². The molecule has 33 heavy (non-hydrogen) atoms. The number of benzene rings is 2. The van der Waals surface area contributed by atoms with E-state index in [4.69, 9.17) is 11.5 Å². The first-order valence-electron chi connectivity index (χ1n) is 10.2. The van der Waals surface area contributed by atoms with Gasteiger partial charge >= 0.3 is 0 Å². The van der Waals surface area contributed by atoms with Gasteiger partial charge in [-0.05, 0) is 76.8 Å². The molecule has 0 saturated heterocycles. The van der Waals surface area contributed by atoms with Gasteiger partial charge in [0.15, 0.2) is 0 Å². The maximum Gasteiger partial charge on any atom is 0.248 e. The third-order valence-corrected chi connectivity index (χ3v) is 7.11. The van der Waals surface area contributed by atoms with Crippen LogP contribution in [-0.2, 0) is 13.0 Å². The molecule has 0 unspecified atom stereocenters. The van der Waals surface area contributed by atoms with Crippen molar-refractivity contribution in [3.05, 3.63) is 103 Å². The summed E-state index contributed by atoms with van der Waals surface area (Å²) in [5.41, 5.74) is 13.6. The summed E-state index contributed by atoms with van der Waals surface area (Å²) in [6.07, 6.45) is 1.07. The van der Waals surface area contributed by atoms with Crippen LogP contribution in [0, 0.1) is 0 Å². The number of nitrogens with two attached hydrogens (primary N) is 2. The number of carbonyl (C=O) groups excluding carboxylic acids is 2. The maximum absolute atomic E-state index is 11.1. The minimum absolute atomic E-state index is 0.391. The second kappa shape index (κ2) is 12.5. The van der Waals surface area contributed by atoms with Gasteiger partial charge < -0.3 is 16.8 Å². The number of thiophene rings is 2. The van der Waals surface area contributed by atoms with E-state index in [1.807, 2.05) is 12.1 Å². The molecule has 5 N–H and O–H groups in total. The lowest BCUT2D eigenvalue weighted by Gasteiger charge is -2.01. The van der Waals surface area contributed by atoms with Crippen LogP contribution in [0.3, 0.4) is 0 Å². The van der Waals surface area contributed by atoms with Crippen LogP contribution in [0.15, 0.2) is 82.0 Å². The maximum atomic E-state index is 11.1. The average molecular weight is 543 g/mol. The van der Waals surface area contributed by atoms with Crippen molar-refractivity contribution in [2.75, 3.05) is 6.54 Å². The monoisotopic (exact) mass is 541 g/mol. The second-order valence-corrected chi connectivity index (χ2v) is 10.1. The molecule has 0 aliphatic rings. The van der Waals surface area contributed by atoms with Crippen molar-refractivity contribution < 1.29 is 9.59 Å². The number of hydrogen-bond acceptors (Lipinski definition) is 5. The Kier molecular flexibility index (Phi) is 9.38. The Morgan fingerprint density at radius 2 is 1.45 bits per heavy atom. The summed E-state index contributed by atoms with van der Waals surface area (Å²) in [6, 6.07) is 20.8. The number of amides is 2. The zero-order valence-electron chi connectivity index (χ0n) is 17.8. The summed E-state index contributed by atoms with van der Waals surface area (Å²) < 4.78 is 0.942. The third kappa shape index (κ3) is 7.94. The number of primary amides is 2. The zero-order valence-corrected chi connectivity index (χ0v) is 21.0. The van der Waals surface area contributed by atoms with Crippen LogP contribution >= 0.6 is 38.6 Å². The van der Waals surface area contributed by atoms with Gasteiger partial charge in [0.25, 0.3) is 0 Å². The molecule has 0 atom stereocenters. The fourth-order valence-electron chi connectivity index (χ4n) is 2.94. The van der Waals surface area contributed by atoms with E-state index in [9.17, 15) is 9.59 Å². The minimum Gasteiger partial charge on any atom is -0.366 e. The lowest BCUT2D eigenvalue weighted by Crippen LogP contribution is -2.15. The van der Waals surface area contributed by atoms with Gasteiger partial charge in [0, 0.05) is 38.4 Å². The van der Waals surface area contributed by atoms with Crippen LogP contribution in [0.5, 0.6) is 0 Å². The van der Waals surface area contributed by atoms with Crippen molar-refractivity contribution in [3.8, 4) is 11.1 Å². The van der Waals surface area contributed by atoms with Gasteiger partial charge in [-0.2, -0.15) is 0 Å². The summed E-state index contributed by atoms with van der Waals surface area (Å²) in [7, 11) is 0. The van der Waals surface area contributed by atoms with Gasteiger partial charge in [-0.25, -0.2) is 0 Å². The molecular formula is C25H24BrN3O2S2. The number of nitrogens with one attached hydrogen (secondary N) is 1. The van der Waals surface area contributed by atoms with E-state index in [0.29, 0.717) is 11.1 Å². The molecule has 2 amide bonds. The van der Waals surface area contributed by atoms with Crippen LogP contribution in [-0.4, -0.2) is 18.4 Å². The van der Waals surface area contributed by atoms with E-state index in [2.05, 4.69) is 50.2 Å². The molecule has 2 aromatic heterocycles. The average Bonchev–Trinajstić information content (AvgIpc) is 3.50. The largest absolute Gasteiger partial charge is 0.366 e. The molecule has 2 heterocycles. The summed E-state index contributed by atoms with van der Waals surface area (Å²) in [5, 5.41) is 7.75. The smallest absolute Gasteiger partial charge is 0.248 e. The van der Waals surface area contributed by atoms with Crippen molar-refractivity contribution >= 4 is 50.4 Å². The third-order valence-electron chi connectivity index (χ3n) is 4.71. The highest BCUT2D eigenvalue weighted by atomic mass is 79.9. The molecular weight excluding hydrogens is 518 g/mol. The molecule has 2 aromatic carbocycles. The molecule has 5 nitrogen and oxygen atoms in total. The number of hydrogen-bond donors (Lipinski definition) is 3. The van der Waals surface area contributed by atoms with Crippen molar-refractivity contribution in [2.45, 2.75) is 13.0 Å². The van der Waals surface area contributed by atoms with Crippen LogP contribution in [0.4, 0.5) is 0 Å². The van der Waals surface area contributed by atoms with E-state index in [1.54, 1.807) is 59.1 Å². The molecule has 0 saturated carbocycles. The van der Waals surface area contributed by atoms with Crippen LogP contribution in [0.2, 0.25) is 0 Å². The molecule has 170 valence electrons. The van der Waals surface area contributed by atoms with E-state index < -0.39 is 11.8 Å². The molecule has 0 aliphatic carbocycles. The standard InChI is InChI=1S/C18H18N2OS2.C7H6BrNO/c19-18(21)14-5-3-13(4-6-14)15-10-17(23-12-15)11-20-8-7-16-2-1-9-22-16;8-6-3-1-5(2-4-6)7(9)10/h1-6,9-10,12,20H,7-8,11H2,(H2,19,21);1-4H,(H2,9,10). The lowest BCUT2D eigenvalue weighted by atomic mass is 10.1. The minimum atomic E-state index is -0.396. The lowest BCUT2D eigenvalue weighted by molar-refractivity contribution is 0.0992. The Morgan fingerprint density at radius 1 is 0.818 bits per heavy atom. The van der Waals surface area contributed by atoms with E-state index >= 15 is 0 Å². The molecule has 4 rings (SSSR count). The predicted molar refractivity (Wildman–Crippen MR) is 141 cm³/mol. The second-order valence-electron chi connectivity index (χ2n) is 7.12. The molecule has 0 aliphatic heterocycles. The Hall–Kier alpha value is -2.78. The summed E-state index contributed by atoms with van der Waals surface area (Å²) >= 11 is 6.80. The van der Waals surface area contributed by atoms with Gasteiger partial charge in [-0.1, -0.05) is 34.1 Å². The fraction of sp³-hybridized carbons (Fsp3) is 0.120. The molecule has 0 radical (unpaired) electrons. The van der Waals surface area contributed by atoms with Crippen LogP contribution in [0.1, 0.15) is 30.5 Å². The molecule has 4 aromatic rings. The number of rotatable bonds is 8. The Morgan fingerprint density at radius 3 is 2.03 bits per heavy atom. The highest BCUT2D eigenvalue weighted by Gasteiger charge is 2.05. The van der Waals surface area contributed by atoms with E-state index in [0.717, 1.165) is 29.5 Å². The fourth-order valence-corrected chi connectivity index (χ4v) is 4.78. The van der Waals surface area contributed by atoms with Gasteiger partial charge in [-0.3, -0.25) is 9.59 Å². The Labute approximate surface area is 209 Å². The van der Waals surface area contributed by atoms with Crippen LogP contribution in [0.25, 0.3) is 11.1 Å². The first kappa shape index (κ1) is 24.9. The first-order valence-corrected chi connectivity index (χ1v) is 12.7. The molecule has 0 fully saturated rings. The van der Waals surface area contributed by atoms with E-state index in [-0.39, 0.29) is 0 Å².